The summed E-state index contributed by atoms with van der Waals surface area (Å²) in [6.07, 6.45) is 8.50. The van der Waals surface area contributed by atoms with Gasteiger partial charge in [-0.25, -0.2) is 18.0 Å². The first-order chi connectivity index (χ1) is 18.0. The number of amides is 1. The molecule has 1 amide bonds. The van der Waals surface area contributed by atoms with E-state index in [1.807, 2.05) is 19.2 Å². The van der Waals surface area contributed by atoms with Crippen LogP contribution in [0.3, 0.4) is 0 Å². The monoisotopic (exact) mass is 506 g/mol. The summed E-state index contributed by atoms with van der Waals surface area (Å²) in [4.78, 5) is 15.3. The van der Waals surface area contributed by atoms with E-state index in [-0.39, 0.29) is 18.0 Å². The lowest BCUT2D eigenvalue weighted by Crippen LogP contribution is -2.37. The average Bonchev–Trinajstić information content (AvgIpc) is 3.65. The SMILES string of the molecule is Cn1nnnc1C1CCC(NC(=O)c2cnn3ccc(N4CCCC4c4cc(F)ccc4F)cc23)CC1. The van der Waals surface area contributed by atoms with Gasteiger partial charge in [0, 0.05) is 43.0 Å². The predicted molar refractivity (Wildman–Crippen MR) is 132 cm³/mol. The Kier molecular flexibility index (Phi) is 6.05. The molecule has 0 spiro atoms. The van der Waals surface area contributed by atoms with Gasteiger partial charge in [-0.3, -0.25) is 4.79 Å². The second-order valence-corrected chi connectivity index (χ2v) is 9.97. The molecule has 6 rings (SSSR count). The molecule has 1 saturated carbocycles. The number of hydrogen-bond donors (Lipinski definition) is 1. The number of carbonyl (C=O) groups is 1. The largest absolute Gasteiger partial charge is 0.364 e. The van der Waals surface area contributed by atoms with Crippen molar-refractivity contribution in [3.63, 3.8) is 0 Å². The van der Waals surface area contributed by atoms with Crippen molar-refractivity contribution in [2.24, 2.45) is 7.05 Å². The number of pyridine rings is 1. The number of fused-ring (bicyclic) bond motifs is 1. The van der Waals surface area contributed by atoms with Crippen molar-refractivity contribution >= 4 is 17.1 Å². The van der Waals surface area contributed by atoms with Gasteiger partial charge in [0.25, 0.3) is 5.91 Å². The van der Waals surface area contributed by atoms with Gasteiger partial charge in [0.1, 0.15) is 11.6 Å². The van der Waals surface area contributed by atoms with E-state index >= 15 is 0 Å². The molecule has 4 aromatic rings. The number of nitrogens with one attached hydrogen (secondary N) is 1. The molecule has 1 aromatic carbocycles. The molecule has 4 heterocycles. The lowest BCUT2D eigenvalue weighted by molar-refractivity contribution is 0.0927. The summed E-state index contributed by atoms with van der Waals surface area (Å²) >= 11 is 0. The van der Waals surface area contributed by atoms with Crippen LogP contribution in [0.15, 0.2) is 42.7 Å². The molecule has 2 fully saturated rings. The maximum Gasteiger partial charge on any atom is 0.255 e. The van der Waals surface area contributed by atoms with Crippen LogP contribution in [0.4, 0.5) is 14.5 Å². The molecule has 37 heavy (non-hydrogen) atoms. The molecular formula is C26H28F2N8O. The Bertz CT molecular complexity index is 1440. The molecule has 2 aliphatic rings. The van der Waals surface area contributed by atoms with Gasteiger partial charge < -0.3 is 10.2 Å². The fourth-order valence-electron chi connectivity index (χ4n) is 5.83. The molecule has 0 radical (unpaired) electrons. The molecule has 0 bridgehead atoms. The Hall–Kier alpha value is -3.89. The molecule has 1 saturated heterocycles. The van der Waals surface area contributed by atoms with E-state index in [1.165, 1.54) is 12.1 Å². The van der Waals surface area contributed by atoms with Crippen LogP contribution in [0.1, 0.15) is 72.2 Å². The number of hydrogen-bond acceptors (Lipinski definition) is 6. The number of benzene rings is 1. The van der Waals surface area contributed by atoms with Crippen molar-refractivity contribution in [1.29, 1.82) is 0 Å². The first-order valence-electron chi connectivity index (χ1n) is 12.7. The van der Waals surface area contributed by atoms with Crippen LogP contribution in [0.2, 0.25) is 0 Å². The van der Waals surface area contributed by atoms with Crippen LogP contribution in [0.25, 0.3) is 5.52 Å². The van der Waals surface area contributed by atoms with Gasteiger partial charge in [0.15, 0.2) is 5.82 Å². The van der Waals surface area contributed by atoms with E-state index in [9.17, 15) is 13.6 Å². The summed E-state index contributed by atoms with van der Waals surface area (Å²) in [5.74, 6) is 0.164. The van der Waals surface area contributed by atoms with Crippen LogP contribution in [-0.2, 0) is 7.05 Å². The molecule has 1 aliphatic carbocycles. The van der Waals surface area contributed by atoms with Gasteiger partial charge in [-0.05, 0) is 79.3 Å². The summed E-state index contributed by atoms with van der Waals surface area (Å²) in [6, 6.07) is 7.22. The van der Waals surface area contributed by atoms with Crippen LogP contribution in [0, 0.1) is 11.6 Å². The van der Waals surface area contributed by atoms with Crippen molar-refractivity contribution in [1.82, 2.24) is 35.1 Å². The maximum absolute atomic E-state index is 14.6. The highest BCUT2D eigenvalue weighted by molar-refractivity contribution is 6.01. The van der Waals surface area contributed by atoms with E-state index < -0.39 is 11.6 Å². The van der Waals surface area contributed by atoms with Crippen molar-refractivity contribution in [2.45, 2.75) is 56.5 Å². The smallest absolute Gasteiger partial charge is 0.255 e. The van der Waals surface area contributed by atoms with Crippen molar-refractivity contribution in [3.05, 3.63) is 71.3 Å². The highest BCUT2D eigenvalue weighted by atomic mass is 19.1. The molecular weight excluding hydrogens is 478 g/mol. The second kappa shape index (κ2) is 9.53. The van der Waals surface area contributed by atoms with Gasteiger partial charge in [-0.1, -0.05) is 0 Å². The minimum Gasteiger partial charge on any atom is -0.364 e. The molecule has 11 heteroatoms. The number of halogens is 2. The fourth-order valence-corrected chi connectivity index (χ4v) is 5.83. The standard InChI is InChI=1S/C26H28F2N8O/c1-34-25(31-32-33-34)16-4-7-18(8-5-16)30-26(37)21-15-29-36-12-10-19(14-24(21)36)35-11-2-3-23(35)20-13-17(27)6-9-22(20)28/h6,9-10,12-16,18,23H,2-5,7-8,11H2,1H3,(H,30,37). The Balaban J connectivity index is 1.19. The summed E-state index contributed by atoms with van der Waals surface area (Å²) in [5, 5.41) is 19.3. The van der Waals surface area contributed by atoms with Crippen molar-refractivity contribution in [2.75, 3.05) is 11.4 Å². The zero-order valence-electron chi connectivity index (χ0n) is 20.5. The normalized spacial score (nSPS) is 22.0. The molecule has 192 valence electrons. The number of nitrogens with zero attached hydrogens (tertiary/aromatic N) is 7. The maximum atomic E-state index is 14.6. The lowest BCUT2D eigenvalue weighted by Gasteiger charge is -2.28. The Morgan fingerprint density at radius 1 is 1.08 bits per heavy atom. The number of rotatable bonds is 5. The van der Waals surface area contributed by atoms with E-state index in [0.717, 1.165) is 62.6 Å². The summed E-state index contributed by atoms with van der Waals surface area (Å²) in [7, 11) is 1.85. The van der Waals surface area contributed by atoms with Crippen LogP contribution in [-0.4, -0.2) is 48.3 Å². The number of aryl methyl sites for hydroxylation is 1. The van der Waals surface area contributed by atoms with E-state index in [2.05, 4.69) is 30.8 Å². The number of tetrazole rings is 1. The first kappa shape index (κ1) is 23.5. The van der Waals surface area contributed by atoms with Gasteiger partial charge in [0.2, 0.25) is 0 Å². The van der Waals surface area contributed by atoms with Gasteiger partial charge >= 0.3 is 0 Å². The third-order valence-electron chi connectivity index (χ3n) is 7.73. The quantitative estimate of drug-likeness (QED) is 0.441. The van der Waals surface area contributed by atoms with Crippen LogP contribution in [0.5, 0.6) is 0 Å². The lowest BCUT2D eigenvalue weighted by atomic mass is 9.85. The molecule has 1 unspecified atom stereocenters. The summed E-state index contributed by atoms with van der Waals surface area (Å²) < 4.78 is 31.8. The van der Waals surface area contributed by atoms with E-state index in [4.69, 9.17) is 0 Å². The van der Waals surface area contributed by atoms with Crippen molar-refractivity contribution < 1.29 is 13.6 Å². The molecule has 1 N–H and O–H groups in total. The minimum atomic E-state index is -0.448. The minimum absolute atomic E-state index is 0.0713. The second-order valence-electron chi connectivity index (χ2n) is 9.97. The van der Waals surface area contributed by atoms with E-state index in [1.54, 1.807) is 21.6 Å². The Morgan fingerprint density at radius 3 is 2.70 bits per heavy atom. The average molecular weight is 507 g/mol. The number of aromatic nitrogens is 6. The van der Waals surface area contributed by atoms with Gasteiger partial charge in [-0.15, -0.1) is 5.10 Å². The number of carbonyl (C=O) groups excluding carboxylic acids is 1. The fraction of sp³-hybridized carbons (Fsp3) is 0.423. The first-order valence-corrected chi connectivity index (χ1v) is 12.7. The summed E-state index contributed by atoms with van der Waals surface area (Å²) in [5.41, 5.74) is 2.39. The Labute approximate surface area is 212 Å². The van der Waals surface area contributed by atoms with Crippen LogP contribution < -0.4 is 10.2 Å². The highest BCUT2D eigenvalue weighted by Crippen LogP contribution is 2.38. The summed E-state index contributed by atoms with van der Waals surface area (Å²) in [6.45, 7) is 0.719. The van der Waals surface area contributed by atoms with Gasteiger partial charge in [-0.2, -0.15) is 5.10 Å². The predicted octanol–water partition coefficient (Wildman–Crippen LogP) is 3.93. The third-order valence-corrected chi connectivity index (χ3v) is 7.73. The van der Waals surface area contributed by atoms with Crippen molar-refractivity contribution in [3.8, 4) is 0 Å². The third kappa shape index (κ3) is 4.42. The van der Waals surface area contributed by atoms with Crippen LogP contribution >= 0.6 is 0 Å². The Morgan fingerprint density at radius 2 is 1.92 bits per heavy atom. The highest BCUT2D eigenvalue weighted by Gasteiger charge is 2.30. The zero-order chi connectivity index (χ0) is 25.5. The van der Waals surface area contributed by atoms with Gasteiger partial charge in [0.05, 0.1) is 23.3 Å². The number of anilines is 1. The topological polar surface area (TPSA) is 93.2 Å². The molecule has 1 aliphatic heterocycles. The van der Waals surface area contributed by atoms with E-state index in [0.29, 0.717) is 22.6 Å². The molecule has 9 nitrogen and oxygen atoms in total. The molecule has 1 atom stereocenters. The zero-order valence-corrected chi connectivity index (χ0v) is 20.5. The molecule has 3 aromatic heterocycles.